The van der Waals surface area contributed by atoms with Gasteiger partial charge in [0.25, 0.3) is 0 Å². The van der Waals surface area contributed by atoms with E-state index in [0.29, 0.717) is 6.42 Å². The first-order valence-corrected chi connectivity index (χ1v) is 5.33. The van der Waals surface area contributed by atoms with Crippen molar-refractivity contribution in [2.24, 2.45) is 0 Å². The van der Waals surface area contributed by atoms with Gasteiger partial charge in [0.15, 0.2) is 0 Å². The quantitative estimate of drug-likeness (QED) is 0.779. The van der Waals surface area contributed by atoms with E-state index in [-0.39, 0.29) is 0 Å². The Kier molecular flexibility index (Phi) is 4.19. The van der Waals surface area contributed by atoms with Gasteiger partial charge in [-0.05, 0) is 37.1 Å². The molecule has 86 valence electrons. The zero-order valence-corrected chi connectivity index (χ0v) is 10.4. The van der Waals surface area contributed by atoms with Gasteiger partial charge >= 0.3 is 0 Å². The molecule has 0 spiro atoms. The molecule has 0 N–H and O–H groups in total. The minimum atomic E-state index is 0.542. The average molecular weight is 218 g/mol. The second-order valence-corrected chi connectivity index (χ2v) is 3.94. The minimum Gasteiger partial charge on any atom is -0.496 e. The van der Waals surface area contributed by atoms with Gasteiger partial charge in [-0.15, -0.1) is 0 Å². The van der Waals surface area contributed by atoms with Gasteiger partial charge in [-0.3, -0.25) is 0 Å². The number of nitrogens with zero attached hydrogens (tertiary/aromatic N) is 2. The van der Waals surface area contributed by atoms with Crippen LogP contribution in [0.4, 0.5) is 5.69 Å². The van der Waals surface area contributed by atoms with Crippen LogP contribution in [0.15, 0.2) is 12.1 Å². The molecule has 3 nitrogen and oxygen atoms in total. The Morgan fingerprint density at radius 3 is 2.31 bits per heavy atom. The van der Waals surface area contributed by atoms with E-state index in [1.54, 1.807) is 7.11 Å². The summed E-state index contributed by atoms with van der Waals surface area (Å²) < 4.78 is 5.32. The number of methoxy groups -OCH3 is 1. The SMILES string of the molecule is COc1c(C)cc(N(C)CCC#N)cc1C. The van der Waals surface area contributed by atoms with Crippen molar-refractivity contribution in [3.05, 3.63) is 23.3 Å². The number of hydrogen-bond acceptors (Lipinski definition) is 3. The van der Waals surface area contributed by atoms with Crippen molar-refractivity contribution in [1.82, 2.24) is 0 Å². The molecule has 1 rings (SSSR count). The molecule has 0 radical (unpaired) electrons. The summed E-state index contributed by atoms with van der Waals surface area (Å²) in [5, 5.41) is 8.56. The Hall–Kier alpha value is -1.69. The van der Waals surface area contributed by atoms with Gasteiger partial charge in [-0.2, -0.15) is 5.26 Å². The van der Waals surface area contributed by atoms with Crippen molar-refractivity contribution in [3.8, 4) is 11.8 Å². The molecule has 0 saturated carbocycles. The smallest absolute Gasteiger partial charge is 0.124 e. The summed E-state index contributed by atoms with van der Waals surface area (Å²) >= 11 is 0. The third-order valence-electron chi connectivity index (χ3n) is 2.65. The Labute approximate surface area is 97.3 Å². The number of hydrogen-bond donors (Lipinski definition) is 0. The van der Waals surface area contributed by atoms with Gasteiger partial charge in [0, 0.05) is 19.3 Å². The molecule has 0 aliphatic rings. The van der Waals surface area contributed by atoms with Crippen LogP contribution in [-0.4, -0.2) is 20.7 Å². The Balaban J connectivity index is 2.95. The predicted octanol–water partition coefficient (Wildman–Crippen LogP) is 2.66. The number of nitriles is 1. The zero-order valence-electron chi connectivity index (χ0n) is 10.4. The van der Waals surface area contributed by atoms with Crippen LogP contribution >= 0.6 is 0 Å². The summed E-state index contributed by atoms with van der Waals surface area (Å²) in [4.78, 5) is 2.09. The lowest BCUT2D eigenvalue weighted by atomic mass is 10.1. The summed E-state index contributed by atoms with van der Waals surface area (Å²) in [5.74, 6) is 0.942. The molecule has 0 aliphatic carbocycles. The van der Waals surface area contributed by atoms with Crippen LogP contribution in [0.1, 0.15) is 17.5 Å². The van der Waals surface area contributed by atoms with Crippen molar-refractivity contribution < 1.29 is 4.74 Å². The molecule has 1 aromatic rings. The molecule has 0 saturated heterocycles. The van der Waals surface area contributed by atoms with E-state index in [0.717, 1.165) is 29.1 Å². The van der Waals surface area contributed by atoms with Crippen molar-refractivity contribution in [1.29, 1.82) is 5.26 Å². The third-order valence-corrected chi connectivity index (χ3v) is 2.65. The van der Waals surface area contributed by atoms with Gasteiger partial charge in [0.2, 0.25) is 0 Å². The summed E-state index contributed by atoms with van der Waals surface area (Å²) in [6, 6.07) is 6.33. The first-order chi connectivity index (χ1) is 7.60. The van der Waals surface area contributed by atoms with Crippen LogP contribution < -0.4 is 9.64 Å². The van der Waals surface area contributed by atoms with E-state index in [1.165, 1.54) is 0 Å². The van der Waals surface area contributed by atoms with Crippen LogP contribution in [0, 0.1) is 25.2 Å². The fraction of sp³-hybridized carbons (Fsp3) is 0.462. The van der Waals surface area contributed by atoms with Gasteiger partial charge in [0.1, 0.15) is 5.75 Å². The van der Waals surface area contributed by atoms with Gasteiger partial charge in [0.05, 0.1) is 19.6 Å². The monoisotopic (exact) mass is 218 g/mol. The van der Waals surface area contributed by atoms with Gasteiger partial charge in [-0.25, -0.2) is 0 Å². The van der Waals surface area contributed by atoms with E-state index in [9.17, 15) is 0 Å². The maximum absolute atomic E-state index is 8.56. The fourth-order valence-electron chi connectivity index (χ4n) is 1.82. The first kappa shape index (κ1) is 12.4. The second-order valence-electron chi connectivity index (χ2n) is 3.94. The van der Waals surface area contributed by atoms with E-state index < -0.39 is 0 Å². The van der Waals surface area contributed by atoms with Gasteiger partial charge in [-0.1, -0.05) is 0 Å². The molecule has 0 atom stereocenters. The zero-order chi connectivity index (χ0) is 12.1. The third kappa shape index (κ3) is 2.66. The van der Waals surface area contributed by atoms with Crippen molar-refractivity contribution in [2.45, 2.75) is 20.3 Å². The second kappa shape index (κ2) is 5.41. The van der Waals surface area contributed by atoms with Crippen molar-refractivity contribution >= 4 is 5.69 Å². The Morgan fingerprint density at radius 1 is 1.31 bits per heavy atom. The maximum Gasteiger partial charge on any atom is 0.124 e. The summed E-state index contributed by atoms with van der Waals surface area (Å²) in [6.07, 6.45) is 0.542. The van der Waals surface area contributed by atoms with E-state index in [1.807, 2.05) is 20.9 Å². The molecule has 3 heteroatoms. The van der Waals surface area contributed by atoms with Crippen molar-refractivity contribution in [3.63, 3.8) is 0 Å². The number of aryl methyl sites for hydroxylation is 2. The van der Waals surface area contributed by atoms with E-state index in [4.69, 9.17) is 10.00 Å². The molecule has 0 fully saturated rings. The minimum absolute atomic E-state index is 0.542. The molecule has 1 aromatic carbocycles. The topological polar surface area (TPSA) is 36.3 Å². The molecule has 0 aromatic heterocycles. The lowest BCUT2D eigenvalue weighted by Gasteiger charge is -2.20. The van der Waals surface area contributed by atoms with Crippen LogP contribution in [0.25, 0.3) is 0 Å². The predicted molar refractivity (Wildman–Crippen MR) is 66.0 cm³/mol. The summed E-state index contributed by atoms with van der Waals surface area (Å²) in [5.41, 5.74) is 3.38. The van der Waals surface area contributed by atoms with E-state index >= 15 is 0 Å². The molecule has 0 aliphatic heterocycles. The van der Waals surface area contributed by atoms with E-state index in [2.05, 4.69) is 23.1 Å². The molecular weight excluding hydrogens is 200 g/mol. The highest BCUT2D eigenvalue weighted by Gasteiger charge is 2.07. The summed E-state index contributed by atoms with van der Waals surface area (Å²) in [6.45, 7) is 4.82. The molecule has 0 heterocycles. The number of benzene rings is 1. The fourth-order valence-corrected chi connectivity index (χ4v) is 1.82. The molecule has 0 bridgehead atoms. The Morgan fingerprint density at radius 2 is 1.88 bits per heavy atom. The summed E-state index contributed by atoms with van der Waals surface area (Å²) in [7, 11) is 3.69. The molecule has 16 heavy (non-hydrogen) atoms. The highest BCUT2D eigenvalue weighted by Crippen LogP contribution is 2.28. The first-order valence-electron chi connectivity index (χ1n) is 5.33. The van der Waals surface area contributed by atoms with Crippen LogP contribution in [-0.2, 0) is 0 Å². The normalized spacial score (nSPS) is 9.69. The number of rotatable bonds is 4. The van der Waals surface area contributed by atoms with Crippen molar-refractivity contribution in [2.75, 3.05) is 25.6 Å². The largest absolute Gasteiger partial charge is 0.496 e. The van der Waals surface area contributed by atoms with Crippen LogP contribution in [0.5, 0.6) is 5.75 Å². The average Bonchev–Trinajstić information content (AvgIpc) is 2.25. The lowest BCUT2D eigenvalue weighted by molar-refractivity contribution is 0.408. The number of ether oxygens (including phenoxy) is 1. The Bertz CT molecular complexity index is 384. The standard InChI is InChI=1S/C13H18N2O/c1-10-8-12(15(3)7-5-6-14)9-11(2)13(10)16-4/h8-9H,5,7H2,1-4H3. The lowest BCUT2D eigenvalue weighted by Crippen LogP contribution is -2.18. The molecular formula is C13H18N2O. The molecule has 0 amide bonds. The van der Waals surface area contributed by atoms with Crippen LogP contribution in [0.2, 0.25) is 0 Å². The maximum atomic E-state index is 8.56. The highest BCUT2D eigenvalue weighted by molar-refractivity contribution is 5.56. The number of anilines is 1. The highest BCUT2D eigenvalue weighted by atomic mass is 16.5. The molecule has 0 unspecified atom stereocenters. The van der Waals surface area contributed by atoms with Crippen LogP contribution in [0.3, 0.4) is 0 Å². The van der Waals surface area contributed by atoms with Gasteiger partial charge < -0.3 is 9.64 Å².